The summed E-state index contributed by atoms with van der Waals surface area (Å²) in [7, 11) is 0. The molecule has 7 heavy (non-hydrogen) atoms. The third kappa shape index (κ3) is 4.94. The molecule has 0 fully saturated rings. The Labute approximate surface area is 40.8 Å². The number of nitrogens with zero attached hydrogens (tertiary/aromatic N) is 1. The predicted molar refractivity (Wildman–Crippen MR) is 25.3 cm³/mol. The summed E-state index contributed by atoms with van der Waals surface area (Å²) in [4.78, 5) is 9.53. The summed E-state index contributed by atoms with van der Waals surface area (Å²) in [6.07, 6.45) is 0.215. The van der Waals surface area contributed by atoms with Crippen LogP contribution in [0, 0.1) is 0 Å². The van der Waals surface area contributed by atoms with E-state index in [9.17, 15) is 4.79 Å². The summed E-state index contributed by atoms with van der Waals surface area (Å²) in [5, 5.41) is 11.0. The lowest BCUT2D eigenvalue weighted by Gasteiger charge is -1.83. The van der Waals surface area contributed by atoms with Gasteiger partial charge in [-0.2, -0.15) is 5.10 Å². The van der Waals surface area contributed by atoms with E-state index in [-0.39, 0.29) is 0 Å². The molecule has 0 aromatic rings. The van der Waals surface area contributed by atoms with Crippen LogP contribution in [-0.4, -0.2) is 17.4 Å². The molecular weight excluding hydrogens is 96.0 g/mol. The van der Waals surface area contributed by atoms with Crippen molar-refractivity contribution in [2.75, 3.05) is 0 Å². The highest BCUT2D eigenvalue weighted by atomic mass is 16.4. The molecule has 0 aromatic carbocycles. The van der Waals surface area contributed by atoms with Crippen LogP contribution in [0.2, 0.25) is 0 Å². The van der Waals surface area contributed by atoms with E-state index < -0.39 is 6.09 Å². The largest absolute Gasteiger partial charge is 0.464 e. The van der Waals surface area contributed by atoms with Gasteiger partial charge in [0.25, 0.3) is 0 Å². The van der Waals surface area contributed by atoms with Gasteiger partial charge in [0.2, 0.25) is 0 Å². The average Bonchev–Trinajstić information content (AvgIpc) is 1.61. The molecule has 0 saturated carbocycles. The Kier molecular flexibility index (Phi) is 2.67. The highest BCUT2D eigenvalue weighted by molar-refractivity contribution is 5.66. The summed E-state index contributed by atoms with van der Waals surface area (Å²) in [6, 6.07) is 0. The van der Waals surface area contributed by atoms with Crippen molar-refractivity contribution in [2.45, 2.75) is 6.92 Å². The van der Waals surface area contributed by atoms with E-state index in [1.165, 1.54) is 6.21 Å². The average molecular weight is 102 g/mol. The number of carboxylic acid groups (broad SMARTS) is 1. The van der Waals surface area contributed by atoms with Gasteiger partial charge in [-0.3, -0.25) is 0 Å². The monoisotopic (exact) mass is 102 g/mol. The van der Waals surface area contributed by atoms with Crippen LogP contribution in [0.4, 0.5) is 4.79 Å². The topological polar surface area (TPSA) is 61.7 Å². The molecule has 0 bridgehead atoms. The number of hydrogen-bond donors (Lipinski definition) is 2. The number of hydrogen-bond acceptors (Lipinski definition) is 2. The molecule has 0 unspecified atom stereocenters. The molecule has 4 nitrogen and oxygen atoms in total. The molecule has 1 amide bonds. The molecule has 0 atom stereocenters. The summed E-state index contributed by atoms with van der Waals surface area (Å²) in [5.41, 5.74) is 1.78. The summed E-state index contributed by atoms with van der Waals surface area (Å²) in [5.74, 6) is 0. The Balaban J connectivity index is 3.14. The fourth-order valence-electron chi connectivity index (χ4n) is 0.120. The Hall–Kier alpha value is -1.06. The Morgan fingerprint density at radius 3 is 2.71 bits per heavy atom. The van der Waals surface area contributed by atoms with Gasteiger partial charge in [-0.25, -0.2) is 10.2 Å². The molecule has 0 aromatic heterocycles. The lowest BCUT2D eigenvalue weighted by atomic mass is 10.9. The van der Waals surface area contributed by atoms with Crippen LogP contribution in [0.5, 0.6) is 0 Å². The third-order valence-corrected chi connectivity index (χ3v) is 0.289. The molecular formula is C3H6N2O2. The third-order valence-electron chi connectivity index (χ3n) is 0.289. The lowest BCUT2D eigenvalue weighted by molar-refractivity contribution is 0.195. The van der Waals surface area contributed by atoms with Crippen LogP contribution in [-0.2, 0) is 0 Å². The van der Waals surface area contributed by atoms with Crippen LogP contribution in [0.1, 0.15) is 6.92 Å². The summed E-state index contributed by atoms with van der Waals surface area (Å²) >= 11 is 0. The van der Waals surface area contributed by atoms with Gasteiger partial charge in [-0.15, -0.1) is 0 Å². The molecule has 0 aliphatic heterocycles. The van der Waals surface area contributed by atoms with Gasteiger partial charge >= 0.3 is 6.09 Å². The minimum absolute atomic E-state index is 1.14. The van der Waals surface area contributed by atoms with Crippen molar-refractivity contribution in [1.82, 2.24) is 5.43 Å². The van der Waals surface area contributed by atoms with Crippen LogP contribution < -0.4 is 5.43 Å². The molecule has 0 rings (SSSR count). The minimum Gasteiger partial charge on any atom is -0.464 e. The van der Waals surface area contributed by atoms with Crippen LogP contribution in [0.3, 0.4) is 0 Å². The second-order valence-corrected chi connectivity index (χ2v) is 0.804. The van der Waals surface area contributed by atoms with Crippen LogP contribution in [0.25, 0.3) is 0 Å². The Bertz CT molecular complexity index is 88.9. The van der Waals surface area contributed by atoms with Gasteiger partial charge in [0.1, 0.15) is 0 Å². The minimum atomic E-state index is -1.14. The first-order valence-electron chi connectivity index (χ1n) is 1.74. The first-order chi connectivity index (χ1) is 3.27. The summed E-state index contributed by atoms with van der Waals surface area (Å²) < 4.78 is 0. The van der Waals surface area contributed by atoms with Crippen LogP contribution >= 0.6 is 0 Å². The molecule has 0 aliphatic carbocycles. The second kappa shape index (κ2) is 3.14. The van der Waals surface area contributed by atoms with Crippen molar-refractivity contribution in [3.8, 4) is 0 Å². The number of hydrazone groups is 1. The van der Waals surface area contributed by atoms with Gasteiger partial charge in [0, 0.05) is 6.21 Å². The first kappa shape index (κ1) is 5.94. The van der Waals surface area contributed by atoms with Crippen LogP contribution in [0.15, 0.2) is 5.10 Å². The van der Waals surface area contributed by atoms with Crippen molar-refractivity contribution in [3.63, 3.8) is 0 Å². The number of rotatable bonds is 1. The maximum atomic E-state index is 9.53. The van der Waals surface area contributed by atoms with Crippen molar-refractivity contribution >= 4 is 12.3 Å². The Morgan fingerprint density at radius 2 is 2.57 bits per heavy atom. The van der Waals surface area contributed by atoms with Crippen molar-refractivity contribution in [3.05, 3.63) is 0 Å². The fourth-order valence-corrected chi connectivity index (χ4v) is 0.120. The maximum Gasteiger partial charge on any atom is 0.425 e. The van der Waals surface area contributed by atoms with Gasteiger partial charge in [0.15, 0.2) is 0 Å². The van der Waals surface area contributed by atoms with E-state index in [0.29, 0.717) is 0 Å². The maximum absolute atomic E-state index is 9.53. The molecule has 0 saturated heterocycles. The quantitative estimate of drug-likeness (QED) is 0.368. The van der Waals surface area contributed by atoms with Crippen molar-refractivity contribution in [1.29, 1.82) is 0 Å². The molecule has 0 heterocycles. The zero-order chi connectivity index (χ0) is 5.70. The zero-order valence-corrected chi connectivity index (χ0v) is 3.88. The number of nitrogens with one attached hydrogen (secondary N) is 1. The highest BCUT2D eigenvalue weighted by Gasteiger charge is 1.82. The molecule has 2 N–H and O–H groups in total. The van der Waals surface area contributed by atoms with E-state index in [2.05, 4.69) is 5.10 Å². The SMILES string of the molecule is CC=NNC(=O)O. The number of amides is 1. The second-order valence-electron chi connectivity index (χ2n) is 0.804. The normalized spacial score (nSPS) is 9.29. The van der Waals surface area contributed by atoms with Crippen molar-refractivity contribution < 1.29 is 9.90 Å². The number of carbonyl (C=O) groups is 1. The Morgan fingerprint density at radius 1 is 2.00 bits per heavy atom. The van der Waals surface area contributed by atoms with Gasteiger partial charge in [-0.1, -0.05) is 0 Å². The van der Waals surface area contributed by atoms with E-state index >= 15 is 0 Å². The molecule has 40 valence electrons. The van der Waals surface area contributed by atoms with Gasteiger partial charge in [-0.05, 0) is 6.92 Å². The zero-order valence-electron chi connectivity index (χ0n) is 3.88. The molecule has 0 spiro atoms. The molecule has 0 radical (unpaired) electrons. The molecule has 4 heteroatoms. The fraction of sp³-hybridized carbons (Fsp3) is 0.333. The van der Waals surface area contributed by atoms with E-state index in [0.717, 1.165) is 0 Å². The van der Waals surface area contributed by atoms with E-state index in [4.69, 9.17) is 5.11 Å². The highest BCUT2D eigenvalue weighted by Crippen LogP contribution is 1.56. The standard InChI is InChI=1S/C3H6N2O2/c1-2-4-5-3(6)7/h2,5H,1H3,(H,6,7). The molecule has 0 aliphatic rings. The summed E-state index contributed by atoms with van der Waals surface area (Å²) in [6.45, 7) is 1.62. The van der Waals surface area contributed by atoms with Crippen molar-refractivity contribution in [2.24, 2.45) is 5.10 Å². The van der Waals surface area contributed by atoms with E-state index in [1.54, 1.807) is 12.3 Å². The predicted octanol–water partition coefficient (Wildman–Crippen LogP) is 0.260. The lowest BCUT2D eigenvalue weighted by Crippen LogP contribution is -2.12. The van der Waals surface area contributed by atoms with Gasteiger partial charge in [0.05, 0.1) is 0 Å². The smallest absolute Gasteiger partial charge is 0.425 e. The first-order valence-corrected chi connectivity index (χ1v) is 1.74. The van der Waals surface area contributed by atoms with E-state index in [1.807, 2.05) is 0 Å². The van der Waals surface area contributed by atoms with Gasteiger partial charge < -0.3 is 5.11 Å².